The number of anilines is 2. The molecule has 0 bridgehead atoms. The zero-order chi connectivity index (χ0) is 23.1. The number of rotatable bonds is 7. The van der Waals surface area contributed by atoms with Crippen molar-refractivity contribution in [2.24, 2.45) is 0 Å². The third kappa shape index (κ3) is 5.75. The number of carbonyl (C=O) groups excluding carboxylic acids is 3. The number of hydrogen-bond acceptors (Lipinski definition) is 4. The molecule has 3 amide bonds. The number of benzene rings is 2. The molecule has 0 spiro atoms. The molecule has 3 N–H and O–H groups in total. The molecule has 3 aromatic rings. The molecular formula is C24H23FN4O3. The van der Waals surface area contributed by atoms with E-state index >= 15 is 0 Å². The van der Waals surface area contributed by atoms with Crippen LogP contribution < -0.4 is 16.0 Å². The molecule has 0 aliphatic heterocycles. The highest BCUT2D eigenvalue weighted by Crippen LogP contribution is 2.22. The first-order valence-electron chi connectivity index (χ1n) is 10.0. The van der Waals surface area contributed by atoms with E-state index in [-0.39, 0.29) is 35.7 Å². The molecule has 164 valence electrons. The Labute approximate surface area is 185 Å². The maximum Gasteiger partial charge on any atom is 0.258 e. The van der Waals surface area contributed by atoms with Gasteiger partial charge < -0.3 is 16.0 Å². The second kappa shape index (κ2) is 10.3. The van der Waals surface area contributed by atoms with Crippen LogP contribution in [0.1, 0.15) is 38.3 Å². The summed E-state index contributed by atoms with van der Waals surface area (Å²) in [4.78, 5) is 41.4. The largest absolute Gasteiger partial charge is 0.351 e. The number of halogens is 1. The van der Waals surface area contributed by atoms with Gasteiger partial charge in [-0.15, -0.1) is 0 Å². The zero-order valence-electron chi connectivity index (χ0n) is 17.7. The minimum atomic E-state index is -0.656. The topological polar surface area (TPSA) is 100 Å². The average molecular weight is 434 g/mol. The molecule has 3 rings (SSSR count). The van der Waals surface area contributed by atoms with Crippen molar-refractivity contribution < 1.29 is 18.8 Å². The fourth-order valence-corrected chi connectivity index (χ4v) is 2.98. The highest BCUT2D eigenvalue weighted by Gasteiger charge is 2.18. The van der Waals surface area contributed by atoms with Crippen LogP contribution in [0.2, 0.25) is 0 Å². The van der Waals surface area contributed by atoms with E-state index in [0.29, 0.717) is 11.4 Å². The minimum absolute atomic E-state index is 0.0457. The van der Waals surface area contributed by atoms with E-state index in [1.165, 1.54) is 18.2 Å². The Morgan fingerprint density at radius 1 is 0.875 bits per heavy atom. The Morgan fingerprint density at radius 3 is 2.34 bits per heavy atom. The number of pyridine rings is 1. The Bertz CT molecular complexity index is 1150. The molecule has 0 radical (unpaired) electrons. The van der Waals surface area contributed by atoms with Gasteiger partial charge in [-0.1, -0.05) is 30.3 Å². The molecule has 32 heavy (non-hydrogen) atoms. The number of aromatic nitrogens is 1. The van der Waals surface area contributed by atoms with Gasteiger partial charge in [0.05, 0.1) is 16.8 Å². The average Bonchev–Trinajstić information content (AvgIpc) is 2.77. The van der Waals surface area contributed by atoms with Crippen molar-refractivity contribution in [2.75, 3.05) is 17.2 Å². The van der Waals surface area contributed by atoms with Crippen LogP contribution in [0.3, 0.4) is 0 Å². The van der Waals surface area contributed by atoms with Crippen LogP contribution in [-0.2, 0) is 4.79 Å². The second-order valence-corrected chi connectivity index (χ2v) is 7.21. The second-order valence-electron chi connectivity index (χ2n) is 7.21. The highest BCUT2D eigenvalue weighted by atomic mass is 19.1. The van der Waals surface area contributed by atoms with E-state index in [1.54, 1.807) is 43.5 Å². The third-order valence-corrected chi connectivity index (χ3v) is 4.69. The van der Waals surface area contributed by atoms with Gasteiger partial charge in [0.2, 0.25) is 5.91 Å². The van der Waals surface area contributed by atoms with Crippen molar-refractivity contribution in [1.29, 1.82) is 0 Å². The summed E-state index contributed by atoms with van der Waals surface area (Å²) in [5.41, 5.74) is 2.00. The van der Waals surface area contributed by atoms with E-state index in [1.807, 2.05) is 13.0 Å². The molecular weight excluding hydrogens is 411 g/mol. The summed E-state index contributed by atoms with van der Waals surface area (Å²) in [7, 11) is 0. The van der Waals surface area contributed by atoms with Crippen molar-refractivity contribution >= 4 is 29.2 Å². The van der Waals surface area contributed by atoms with Crippen molar-refractivity contribution in [3.63, 3.8) is 0 Å². The monoisotopic (exact) mass is 434 g/mol. The lowest BCUT2D eigenvalue weighted by Gasteiger charge is -2.14. The predicted molar refractivity (Wildman–Crippen MR) is 120 cm³/mol. The first kappa shape index (κ1) is 22.6. The molecule has 0 aliphatic carbocycles. The SMILES string of the molecule is Cc1ccc(NC(=O)CCNC(=O)c2cccc(C)c2NC(=O)c2ccccc2F)nc1. The van der Waals surface area contributed by atoms with Crippen molar-refractivity contribution in [1.82, 2.24) is 10.3 Å². The Kier molecular flexibility index (Phi) is 7.28. The summed E-state index contributed by atoms with van der Waals surface area (Å²) in [6.45, 7) is 3.72. The van der Waals surface area contributed by atoms with Gasteiger partial charge in [0, 0.05) is 19.2 Å². The molecule has 8 heteroatoms. The van der Waals surface area contributed by atoms with Crippen LogP contribution in [0.5, 0.6) is 0 Å². The Hall–Kier alpha value is -4.07. The van der Waals surface area contributed by atoms with Gasteiger partial charge in [-0.05, 0) is 49.2 Å². The van der Waals surface area contributed by atoms with Crippen LogP contribution in [0.4, 0.5) is 15.9 Å². The quantitative estimate of drug-likeness (QED) is 0.526. The Balaban J connectivity index is 1.62. The first-order valence-corrected chi connectivity index (χ1v) is 10.0. The van der Waals surface area contributed by atoms with Crippen LogP contribution in [-0.4, -0.2) is 29.3 Å². The number of hydrogen-bond donors (Lipinski definition) is 3. The minimum Gasteiger partial charge on any atom is -0.351 e. The lowest BCUT2D eigenvalue weighted by Crippen LogP contribution is -2.29. The first-order chi connectivity index (χ1) is 15.3. The fraction of sp³-hybridized carbons (Fsp3) is 0.167. The molecule has 0 saturated heterocycles. The lowest BCUT2D eigenvalue weighted by atomic mass is 10.1. The molecule has 0 atom stereocenters. The summed E-state index contributed by atoms with van der Waals surface area (Å²) >= 11 is 0. The summed E-state index contributed by atoms with van der Waals surface area (Å²) in [5.74, 6) is -1.63. The standard InChI is InChI=1S/C24H23FN4O3/c1-15-10-11-20(27-14-15)28-21(30)12-13-26-23(31)18-8-5-6-16(2)22(18)29-24(32)17-7-3-4-9-19(17)25/h3-11,14H,12-13H2,1-2H3,(H,26,31)(H,29,32)(H,27,28,30). The van der Waals surface area contributed by atoms with E-state index in [4.69, 9.17) is 0 Å². The molecule has 1 heterocycles. The van der Waals surface area contributed by atoms with Crippen LogP contribution >= 0.6 is 0 Å². The van der Waals surface area contributed by atoms with Gasteiger partial charge in [-0.2, -0.15) is 0 Å². The molecule has 0 unspecified atom stereocenters. The summed E-state index contributed by atoms with van der Waals surface area (Å²) in [5, 5.41) is 7.96. The maximum absolute atomic E-state index is 13.9. The smallest absolute Gasteiger partial charge is 0.258 e. The Morgan fingerprint density at radius 2 is 1.62 bits per heavy atom. The summed E-state index contributed by atoms with van der Waals surface area (Å²) < 4.78 is 13.9. The van der Waals surface area contributed by atoms with Crippen LogP contribution in [0.15, 0.2) is 60.8 Å². The van der Waals surface area contributed by atoms with Gasteiger partial charge in [0.1, 0.15) is 11.6 Å². The van der Waals surface area contributed by atoms with E-state index in [2.05, 4.69) is 20.9 Å². The van der Waals surface area contributed by atoms with Gasteiger partial charge in [-0.25, -0.2) is 9.37 Å². The molecule has 0 fully saturated rings. The zero-order valence-corrected chi connectivity index (χ0v) is 17.7. The third-order valence-electron chi connectivity index (χ3n) is 4.69. The number of amides is 3. The highest BCUT2D eigenvalue weighted by molar-refractivity contribution is 6.09. The molecule has 7 nitrogen and oxygen atoms in total. The van der Waals surface area contributed by atoms with Crippen molar-refractivity contribution in [3.05, 3.63) is 88.9 Å². The van der Waals surface area contributed by atoms with Gasteiger partial charge in [-0.3, -0.25) is 14.4 Å². The molecule has 0 saturated carbocycles. The van der Waals surface area contributed by atoms with Crippen molar-refractivity contribution in [2.45, 2.75) is 20.3 Å². The van der Waals surface area contributed by atoms with Gasteiger partial charge in [0.25, 0.3) is 11.8 Å². The molecule has 0 aliphatic rings. The lowest BCUT2D eigenvalue weighted by molar-refractivity contribution is -0.116. The predicted octanol–water partition coefficient (Wildman–Crippen LogP) is 3.85. The molecule has 1 aromatic heterocycles. The van der Waals surface area contributed by atoms with Crippen molar-refractivity contribution in [3.8, 4) is 0 Å². The normalized spacial score (nSPS) is 10.3. The van der Waals surface area contributed by atoms with E-state index in [0.717, 1.165) is 5.56 Å². The number of carbonyl (C=O) groups is 3. The van der Waals surface area contributed by atoms with Gasteiger partial charge in [0.15, 0.2) is 0 Å². The number of nitrogens with zero attached hydrogens (tertiary/aromatic N) is 1. The van der Waals surface area contributed by atoms with Crippen LogP contribution in [0.25, 0.3) is 0 Å². The number of nitrogens with one attached hydrogen (secondary N) is 3. The summed E-state index contributed by atoms with van der Waals surface area (Å²) in [6.07, 6.45) is 1.69. The van der Waals surface area contributed by atoms with Crippen LogP contribution in [0, 0.1) is 19.7 Å². The number of para-hydroxylation sites is 1. The van der Waals surface area contributed by atoms with Gasteiger partial charge >= 0.3 is 0 Å². The number of aryl methyl sites for hydroxylation is 2. The summed E-state index contributed by atoms with van der Waals surface area (Å²) in [6, 6.07) is 14.1. The van der Waals surface area contributed by atoms with E-state index in [9.17, 15) is 18.8 Å². The van der Waals surface area contributed by atoms with E-state index < -0.39 is 17.6 Å². The molecule has 2 aromatic carbocycles. The maximum atomic E-state index is 13.9. The fourth-order valence-electron chi connectivity index (χ4n) is 2.98.